The van der Waals surface area contributed by atoms with Crippen molar-refractivity contribution in [2.24, 2.45) is 5.92 Å². The molecule has 1 aromatic rings. The predicted octanol–water partition coefficient (Wildman–Crippen LogP) is 0.841. The second kappa shape index (κ2) is 6.08. The molecule has 0 radical (unpaired) electrons. The number of hydrogen-bond acceptors (Lipinski definition) is 3. The van der Waals surface area contributed by atoms with E-state index in [4.69, 9.17) is 0 Å². The maximum atomic E-state index is 12.4. The fraction of sp³-hybridized carbons (Fsp3) is 0.529. The maximum absolute atomic E-state index is 12.4. The van der Waals surface area contributed by atoms with Gasteiger partial charge in [0.25, 0.3) is 5.91 Å². The molecular weight excluding hydrogens is 278 g/mol. The summed E-state index contributed by atoms with van der Waals surface area (Å²) in [6.45, 7) is 6.59. The molecule has 0 N–H and O–H groups in total. The van der Waals surface area contributed by atoms with Gasteiger partial charge in [0.15, 0.2) is 0 Å². The summed E-state index contributed by atoms with van der Waals surface area (Å²) in [6.07, 6.45) is 0. The van der Waals surface area contributed by atoms with Crippen molar-refractivity contribution < 1.29 is 9.59 Å². The molecule has 2 aliphatic heterocycles. The van der Waals surface area contributed by atoms with Crippen LogP contribution >= 0.6 is 0 Å². The molecule has 3 rings (SSSR count). The third-order valence-corrected chi connectivity index (χ3v) is 4.63. The van der Waals surface area contributed by atoms with Crippen molar-refractivity contribution in [3.05, 3.63) is 35.4 Å². The van der Waals surface area contributed by atoms with Crippen molar-refractivity contribution in [1.29, 1.82) is 0 Å². The molecule has 0 saturated carbocycles. The molecular formula is C17H23N3O2. The summed E-state index contributed by atoms with van der Waals surface area (Å²) in [5.41, 5.74) is 1.85. The van der Waals surface area contributed by atoms with E-state index in [2.05, 4.69) is 11.9 Å². The zero-order valence-electron chi connectivity index (χ0n) is 13.3. The van der Waals surface area contributed by atoms with Crippen molar-refractivity contribution >= 4 is 11.8 Å². The molecule has 5 nitrogen and oxygen atoms in total. The number of nitrogens with zero attached hydrogens (tertiary/aromatic N) is 3. The lowest BCUT2D eigenvalue weighted by Crippen LogP contribution is -2.58. The van der Waals surface area contributed by atoms with Crippen LogP contribution in [0.4, 0.5) is 0 Å². The van der Waals surface area contributed by atoms with Gasteiger partial charge in [0.1, 0.15) is 0 Å². The smallest absolute Gasteiger partial charge is 0.253 e. The van der Waals surface area contributed by atoms with Crippen LogP contribution in [0.15, 0.2) is 24.3 Å². The van der Waals surface area contributed by atoms with E-state index >= 15 is 0 Å². The third-order valence-electron chi connectivity index (χ3n) is 4.63. The van der Waals surface area contributed by atoms with Gasteiger partial charge in [-0.05, 0) is 26.1 Å². The van der Waals surface area contributed by atoms with Crippen molar-refractivity contribution in [2.45, 2.75) is 6.92 Å². The lowest BCUT2D eigenvalue weighted by Gasteiger charge is -2.42. The zero-order valence-corrected chi connectivity index (χ0v) is 13.3. The lowest BCUT2D eigenvalue weighted by molar-refractivity contribution is -0.141. The van der Waals surface area contributed by atoms with Gasteiger partial charge in [-0.2, -0.15) is 0 Å². The first-order valence-corrected chi connectivity index (χ1v) is 7.88. The van der Waals surface area contributed by atoms with Gasteiger partial charge in [-0.1, -0.05) is 17.7 Å². The first-order valence-electron chi connectivity index (χ1n) is 7.88. The molecule has 0 spiro atoms. The molecule has 2 fully saturated rings. The quantitative estimate of drug-likeness (QED) is 0.813. The molecule has 2 heterocycles. The number of carbonyl (C=O) groups excluding carboxylic acids is 2. The maximum Gasteiger partial charge on any atom is 0.253 e. The van der Waals surface area contributed by atoms with E-state index in [1.807, 2.05) is 36.1 Å². The van der Waals surface area contributed by atoms with Crippen molar-refractivity contribution in [2.75, 3.05) is 46.3 Å². The highest BCUT2D eigenvalue weighted by Crippen LogP contribution is 2.21. The molecule has 0 bridgehead atoms. The van der Waals surface area contributed by atoms with E-state index in [1.54, 1.807) is 4.90 Å². The number of rotatable bonds is 2. The van der Waals surface area contributed by atoms with Crippen LogP contribution in [0.1, 0.15) is 15.9 Å². The zero-order chi connectivity index (χ0) is 15.7. The number of piperazine rings is 1. The molecule has 0 atom stereocenters. The Labute approximate surface area is 131 Å². The summed E-state index contributed by atoms with van der Waals surface area (Å²) in [7, 11) is 2.08. The summed E-state index contributed by atoms with van der Waals surface area (Å²) < 4.78 is 0. The fourth-order valence-corrected chi connectivity index (χ4v) is 2.96. The Morgan fingerprint density at radius 1 is 0.955 bits per heavy atom. The van der Waals surface area contributed by atoms with Gasteiger partial charge in [-0.3, -0.25) is 9.59 Å². The van der Waals surface area contributed by atoms with Gasteiger partial charge >= 0.3 is 0 Å². The van der Waals surface area contributed by atoms with E-state index in [0.29, 0.717) is 18.7 Å². The molecule has 0 unspecified atom stereocenters. The minimum absolute atomic E-state index is 0.0159. The second-order valence-electron chi connectivity index (χ2n) is 6.40. The van der Waals surface area contributed by atoms with E-state index in [1.165, 1.54) is 0 Å². The standard InChI is InChI=1S/C17H23N3O2/c1-13-3-5-14(6-4-13)16(21)20-11-15(12-20)17(22)19-9-7-18(2)8-10-19/h3-6,15H,7-12H2,1-2H3. The van der Waals surface area contributed by atoms with Crippen LogP contribution in [0.5, 0.6) is 0 Å². The highest BCUT2D eigenvalue weighted by molar-refractivity contribution is 5.96. The SMILES string of the molecule is Cc1ccc(C(=O)N2CC(C(=O)N3CCN(C)CC3)C2)cc1. The van der Waals surface area contributed by atoms with E-state index in [9.17, 15) is 9.59 Å². The average molecular weight is 301 g/mol. The first kappa shape index (κ1) is 15.0. The molecule has 1 aromatic carbocycles. The Bertz CT molecular complexity index is 556. The highest BCUT2D eigenvalue weighted by Gasteiger charge is 2.38. The van der Waals surface area contributed by atoms with E-state index < -0.39 is 0 Å². The second-order valence-corrected chi connectivity index (χ2v) is 6.40. The minimum atomic E-state index is -0.0159. The van der Waals surface area contributed by atoms with Crippen molar-refractivity contribution in [1.82, 2.24) is 14.7 Å². The van der Waals surface area contributed by atoms with Crippen LogP contribution in [-0.4, -0.2) is 72.8 Å². The van der Waals surface area contributed by atoms with Crippen molar-refractivity contribution in [3.63, 3.8) is 0 Å². The minimum Gasteiger partial charge on any atom is -0.340 e. The lowest BCUT2D eigenvalue weighted by atomic mass is 9.96. The van der Waals surface area contributed by atoms with Crippen LogP contribution in [0.25, 0.3) is 0 Å². The predicted molar refractivity (Wildman–Crippen MR) is 84.6 cm³/mol. The summed E-state index contributed by atoms with van der Waals surface area (Å²) in [4.78, 5) is 30.7. The number of aryl methyl sites for hydroxylation is 1. The summed E-state index contributed by atoms with van der Waals surface area (Å²) in [5, 5.41) is 0. The number of hydrogen-bond donors (Lipinski definition) is 0. The van der Waals surface area contributed by atoms with Crippen LogP contribution in [0.2, 0.25) is 0 Å². The summed E-state index contributed by atoms with van der Waals surface area (Å²) in [5.74, 6) is 0.223. The van der Waals surface area contributed by atoms with Gasteiger partial charge < -0.3 is 14.7 Å². The molecule has 0 aliphatic carbocycles. The van der Waals surface area contributed by atoms with Gasteiger partial charge in [0.05, 0.1) is 5.92 Å². The summed E-state index contributed by atoms with van der Waals surface area (Å²) in [6, 6.07) is 7.60. The van der Waals surface area contributed by atoms with Crippen LogP contribution in [0.3, 0.4) is 0 Å². The molecule has 0 aromatic heterocycles. The number of likely N-dealkylation sites (tertiary alicyclic amines) is 1. The molecule has 22 heavy (non-hydrogen) atoms. The van der Waals surface area contributed by atoms with E-state index in [0.717, 1.165) is 31.7 Å². The number of carbonyl (C=O) groups is 2. The first-order chi connectivity index (χ1) is 10.5. The van der Waals surface area contributed by atoms with Gasteiger partial charge in [-0.15, -0.1) is 0 Å². The fourth-order valence-electron chi connectivity index (χ4n) is 2.96. The van der Waals surface area contributed by atoms with Crippen LogP contribution in [-0.2, 0) is 4.79 Å². The molecule has 2 saturated heterocycles. The molecule has 5 heteroatoms. The van der Waals surface area contributed by atoms with Crippen molar-refractivity contribution in [3.8, 4) is 0 Å². The number of likely N-dealkylation sites (N-methyl/N-ethyl adjacent to an activating group) is 1. The Kier molecular flexibility index (Phi) is 4.16. The van der Waals surface area contributed by atoms with Gasteiger partial charge in [-0.25, -0.2) is 0 Å². The Morgan fingerprint density at radius 2 is 1.55 bits per heavy atom. The number of amides is 2. The Morgan fingerprint density at radius 3 is 2.14 bits per heavy atom. The van der Waals surface area contributed by atoms with Gasteiger partial charge in [0, 0.05) is 44.8 Å². The Hall–Kier alpha value is -1.88. The molecule has 2 amide bonds. The molecule has 118 valence electrons. The largest absolute Gasteiger partial charge is 0.340 e. The highest BCUT2D eigenvalue weighted by atomic mass is 16.2. The van der Waals surface area contributed by atoms with E-state index in [-0.39, 0.29) is 17.7 Å². The number of benzene rings is 1. The molecule has 2 aliphatic rings. The monoisotopic (exact) mass is 301 g/mol. The third kappa shape index (κ3) is 2.99. The van der Waals surface area contributed by atoms with Crippen LogP contribution in [0, 0.1) is 12.8 Å². The average Bonchev–Trinajstić information content (AvgIpc) is 2.47. The summed E-state index contributed by atoms with van der Waals surface area (Å²) >= 11 is 0. The normalized spacial score (nSPS) is 19.9. The Balaban J connectivity index is 1.52. The topological polar surface area (TPSA) is 43.9 Å². The van der Waals surface area contributed by atoms with Crippen LogP contribution < -0.4 is 0 Å². The van der Waals surface area contributed by atoms with Gasteiger partial charge in [0.2, 0.25) is 5.91 Å².